The lowest BCUT2D eigenvalue weighted by molar-refractivity contribution is 0.613. The van der Waals surface area contributed by atoms with E-state index < -0.39 is 0 Å². The summed E-state index contributed by atoms with van der Waals surface area (Å²) in [6.07, 6.45) is 8.78. The molecular weight excluding hydrogens is 345 g/mol. The number of guanidine groups is 1. The average molecular weight is 369 g/mol. The summed E-state index contributed by atoms with van der Waals surface area (Å²) < 4.78 is 0.242. The number of nitrogens with zero attached hydrogens (tertiary/aromatic N) is 1. The zero-order chi connectivity index (χ0) is 12.0. The summed E-state index contributed by atoms with van der Waals surface area (Å²) in [6, 6.07) is 0.517. The number of thioether (sulfide) groups is 1. The van der Waals surface area contributed by atoms with Crippen LogP contribution in [0.1, 0.15) is 26.7 Å². The summed E-state index contributed by atoms with van der Waals surface area (Å²) in [4.78, 5) is 4.25. The van der Waals surface area contributed by atoms with Crippen LogP contribution in [0.5, 0.6) is 0 Å². The highest BCUT2D eigenvalue weighted by Crippen LogP contribution is 2.19. The summed E-state index contributed by atoms with van der Waals surface area (Å²) in [7, 11) is 1.82. The first-order chi connectivity index (χ1) is 7.57. The van der Waals surface area contributed by atoms with Crippen LogP contribution < -0.4 is 10.6 Å². The minimum Gasteiger partial charge on any atom is -0.355 e. The van der Waals surface area contributed by atoms with Gasteiger partial charge < -0.3 is 10.6 Å². The first-order valence-corrected chi connectivity index (χ1v) is 6.97. The van der Waals surface area contributed by atoms with Crippen LogP contribution >= 0.6 is 35.7 Å². The maximum atomic E-state index is 4.25. The van der Waals surface area contributed by atoms with E-state index in [9.17, 15) is 0 Å². The molecule has 0 spiro atoms. The highest BCUT2D eigenvalue weighted by Gasteiger charge is 2.17. The van der Waals surface area contributed by atoms with E-state index in [0.29, 0.717) is 6.04 Å². The maximum Gasteiger partial charge on any atom is 0.191 e. The molecule has 1 rings (SSSR count). The van der Waals surface area contributed by atoms with E-state index in [0.717, 1.165) is 25.3 Å². The third-order valence-corrected chi connectivity index (χ3v) is 4.06. The van der Waals surface area contributed by atoms with Crippen molar-refractivity contribution in [3.8, 4) is 0 Å². The standard InChI is InChI=1S/C12H23N3S.HI/c1-12(2,16-4)9-14-11(13-3)15-10-7-5-6-8-10;/h5-6,10H,7-9H2,1-4H3,(H2,13,14,15);1H. The largest absolute Gasteiger partial charge is 0.355 e. The molecule has 0 aliphatic heterocycles. The first-order valence-electron chi connectivity index (χ1n) is 5.75. The van der Waals surface area contributed by atoms with E-state index in [1.165, 1.54) is 0 Å². The van der Waals surface area contributed by atoms with Crippen molar-refractivity contribution in [2.45, 2.75) is 37.5 Å². The van der Waals surface area contributed by atoms with Gasteiger partial charge in [0.25, 0.3) is 0 Å². The van der Waals surface area contributed by atoms with Gasteiger partial charge in [-0.3, -0.25) is 4.99 Å². The quantitative estimate of drug-likeness (QED) is 0.346. The van der Waals surface area contributed by atoms with Crippen LogP contribution in [0.25, 0.3) is 0 Å². The topological polar surface area (TPSA) is 36.4 Å². The molecule has 17 heavy (non-hydrogen) atoms. The van der Waals surface area contributed by atoms with Gasteiger partial charge in [-0.1, -0.05) is 12.2 Å². The van der Waals surface area contributed by atoms with Crippen LogP contribution in [0.3, 0.4) is 0 Å². The van der Waals surface area contributed by atoms with Gasteiger partial charge in [0.05, 0.1) is 0 Å². The van der Waals surface area contributed by atoms with Gasteiger partial charge in [-0.05, 0) is 32.9 Å². The van der Waals surface area contributed by atoms with Crippen molar-refractivity contribution in [1.82, 2.24) is 10.6 Å². The normalized spacial score (nSPS) is 16.8. The van der Waals surface area contributed by atoms with Crippen molar-refractivity contribution >= 4 is 41.7 Å². The zero-order valence-corrected chi connectivity index (χ0v) is 14.3. The summed E-state index contributed by atoms with van der Waals surface area (Å²) in [5.41, 5.74) is 0. The molecule has 0 aromatic heterocycles. The fourth-order valence-electron chi connectivity index (χ4n) is 1.49. The summed E-state index contributed by atoms with van der Waals surface area (Å²) >= 11 is 1.86. The molecule has 0 fully saturated rings. The molecule has 0 amide bonds. The van der Waals surface area contributed by atoms with Gasteiger partial charge >= 0.3 is 0 Å². The Morgan fingerprint density at radius 1 is 1.41 bits per heavy atom. The highest BCUT2D eigenvalue weighted by molar-refractivity contribution is 14.0. The van der Waals surface area contributed by atoms with Crippen LogP contribution in [0.15, 0.2) is 17.1 Å². The SMILES string of the molecule is CN=C(NCC(C)(C)SC)NC1CC=CC1.I. The van der Waals surface area contributed by atoms with E-state index in [-0.39, 0.29) is 28.7 Å². The molecule has 5 heteroatoms. The summed E-state index contributed by atoms with van der Waals surface area (Å²) in [5.74, 6) is 0.913. The van der Waals surface area contributed by atoms with Crippen LogP contribution in [0.2, 0.25) is 0 Å². The monoisotopic (exact) mass is 369 g/mol. The van der Waals surface area contributed by atoms with Crippen LogP contribution in [-0.4, -0.2) is 36.6 Å². The Morgan fingerprint density at radius 3 is 2.47 bits per heavy atom. The van der Waals surface area contributed by atoms with Gasteiger partial charge in [0.1, 0.15) is 0 Å². The Hall–Kier alpha value is 0.0900. The molecule has 1 aliphatic carbocycles. The molecule has 1 aliphatic rings. The second-order valence-corrected chi connectivity index (χ2v) is 6.19. The molecule has 3 nitrogen and oxygen atoms in total. The molecule has 0 radical (unpaired) electrons. The lowest BCUT2D eigenvalue weighted by atomic mass is 10.2. The summed E-state index contributed by atoms with van der Waals surface area (Å²) in [5, 5.41) is 6.81. The number of halogens is 1. The van der Waals surface area contributed by atoms with Crippen LogP contribution in [-0.2, 0) is 0 Å². The number of nitrogens with one attached hydrogen (secondary N) is 2. The van der Waals surface area contributed by atoms with Gasteiger partial charge in [0.2, 0.25) is 0 Å². The molecule has 0 unspecified atom stereocenters. The average Bonchev–Trinajstić information content (AvgIpc) is 2.77. The van der Waals surface area contributed by atoms with Crippen molar-refractivity contribution in [1.29, 1.82) is 0 Å². The minimum absolute atomic E-state index is 0. The van der Waals surface area contributed by atoms with Crippen LogP contribution in [0.4, 0.5) is 0 Å². The smallest absolute Gasteiger partial charge is 0.191 e. The van der Waals surface area contributed by atoms with E-state index >= 15 is 0 Å². The molecule has 0 saturated carbocycles. The van der Waals surface area contributed by atoms with Crippen molar-refractivity contribution in [3.63, 3.8) is 0 Å². The number of hydrogen-bond donors (Lipinski definition) is 2. The van der Waals surface area contributed by atoms with Gasteiger partial charge in [-0.25, -0.2) is 0 Å². The Labute approximate surface area is 126 Å². The lowest BCUT2D eigenvalue weighted by Crippen LogP contribution is -2.46. The molecule has 0 bridgehead atoms. The molecule has 100 valence electrons. The molecule has 0 aromatic carbocycles. The molecule has 0 heterocycles. The van der Waals surface area contributed by atoms with Gasteiger partial charge in [-0.2, -0.15) is 11.8 Å². The minimum atomic E-state index is 0. The Balaban J connectivity index is 0.00000256. The molecule has 2 N–H and O–H groups in total. The molecule has 0 saturated heterocycles. The molecular formula is C12H24IN3S. The van der Waals surface area contributed by atoms with Gasteiger partial charge in [0.15, 0.2) is 5.96 Å². The maximum absolute atomic E-state index is 4.25. The first kappa shape index (κ1) is 17.1. The van der Waals surface area contributed by atoms with E-state index in [1.807, 2.05) is 18.8 Å². The molecule has 0 atom stereocenters. The predicted octanol–water partition coefficient (Wildman–Crippen LogP) is 2.63. The number of rotatable bonds is 4. The van der Waals surface area contributed by atoms with E-state index in [1.54, 1.807) is 0 Å². The fraction of sp³-hybridized carbons (Fsp3) is 0.750. The van der Waals surface area contributed by atoms with Crippen molar-refractivity contribution in [3.05, 3.63) is 12.2 Å². The van der Waals surface area contributed by atoms with Crippen molar-refractivity contribution < 1.29 is 0 Å². The van der Waals surface area contributed by atoms with Crippen molar-refractivity contribution in [2.75, 3.05) is 19.8 Å². The lowest BCUT2D eigenvalue weighted by Gasteiger charge is -2.25. The predicted molar refractivity (Wildman–Crippen MR) is 89.7 cm³/mol. The Bertz CT molecular complexity index is 269. The zero-order valence-electron chi connectivity index (χ0n) is 11.1. The van der Waals surface area contributed by atoms with Crippen LogP contribution in [0, 0.1) is 0 Å². The van der Waals surface area contributed by atoms with E-state index in [4.69, 9.17) is 0 Å². The number of hydrogen-bond acceptors (Lipinski definition) is 2. The number of aliphatic imine (C=N–C) groups is 1. The second kappa shape index (κ2) is 8.24. The van der Waals surface area contributed by atoms with Crippen molar-refractivity contribution in [2.24, 2.45) is 4.99 Å². The highest BCUT2D eigenvalue weighted by atomic mass is 127. The Kier molecular flexibility index (Phi) is 8.28. The van der Waals surface area contributed by atoms with E-state index in [2.05, 4.69) is 47.9 Å². The second-order valence-electron chi connectivity index (χ2n) is 4.67. The Morgan fingerprint density at radius 2 is 2.00 bits per heavy atom. The third-order valence-electron chi connectivity index (χ3n) is 2.81. The van der Waals surface area contributed by atoms with Gasteiger partial charge in [0, 0.05) is 24.4 Å². The molecule has 0 aromatic rings. The van der Waals surface area contributed by atoms with Gasteiger partial charge in [-0.15, -0.1) is 24.0 Å². The summed E-state index contributed by atoms with van der Waals surface area (Å²) in [6.45, 7) is 5.39. The fourth-order valence-corrected chi connectivity index (χ4v) is 1.71. The third kappa shape index (κ3) is 6.55.